The summed E-state index contributed by atoms with van der Waals surface area (Å²) in [5.74, 6) is 0.901. The number of aromatic nitrogens is 1. The van der Waals surface area contributed by atoms with Crippen LogP contribution in [-0.4, -0.2) is 37.5 Å². The van der Waals surface area contributed by atoms with Crippen LogP contribution in [0.4, 0.5) is 5.88 Å². The van der Waals surface area contributed by atoms with Crippen LogP contribution in [0.1, 0.15) is 24.0 Å². The Morgan fingerprint density at radius 3 is 2.83 bits per heavy atom. The van der Waals surface area contributed by atoms with Gasteiger partial charge in [-0.1, -0.05) is 28.9 Å². The van der Waals surface area contributed by atoms with Gasteiger partial charge in [0, 0.05) is 31.2 Å². The van der Waals surface area contributed by atoms with Gasteiger partial charge in [-0.05, 0) is 25.8 Å². The molecular weight excluding hydrogens is 290 g/mol. The Hall–Kier alpha value is -1.85. The highest BCUT2D eigenvalue weighted by Gasteiger charge is 2.26. The zero-order valence-electron chi connectivity index (χ0n) is 13.5. The van der Waals surface area contributed by atoms with Gasteiger partial charge in [0.2, 0.25) is 5.88 Å². The minimum absolute atomic E-state index is 0.660. The molecule has 2 heterocycles. The van der Waals surface area contributed by atoms with Crippen molar-refractivity contribution >= 4 is 5.88 Å². The first kappa shape index (κ1) is 14.7. The summed E-state index contributed by atoms with van der Waals surface area (Å²) in [5.41, 5.74) is 4.49. The van der Waals surface area contributed by atoms with Crippen molar-refractivity contribution in [2.24, 2.45) is 0 Å². The second kappa shape index (κ2) is 6.34. The van der Waals surface area contributed by atoms with Gasteiger partial charge in [0.25, 0.3) is 0 Å². The average molecular weight is 313 g/mol. The van der Waals surface area contributed by atoms with E-state index in [-0.39, 0.29) is 0 Å². The molecule has 1 N–H and O–H groups in total. The molecule has 1 saturated heterocycles. The maximum Gasteiger partial charge on any atom is 0.232 e. The second-order valence-corrected chi connectivity index (χ2v) is 6.44. The summed E-state index contributed by atoms with van der Waals surface area (Å²) in [6.45, 7) is 6.13. The molecule has 2 fully saturated rings. The Bertz CT molecular complexity index is 673. The molecule has 2 aliphatic rings. The highest BCUT2D eigenvalue weighted by Crippen LogP contribution is 2.33. The van der Waals surface area contributed by atoms with E-state index in [1.165, 1.54) is 24.0 Å². The second-order valence-electron chi connectivity index (χ2n) is 6.44. The van der Waals surface area contributed by atoms with E-state index in [4.69, 9.17) is 9.26 Å². The normalized spacial score (nSPS) is 18.4. The van der Waals surface area contributed by atoms with Crippen molar-refractivity contribution < 1.29 is 9.26 Å². The summed E-state index contributed by atoms with van der Waals surface area (Å²) in [5, 5.41) is 8.01. The fourth-order valence-corrected chi connectivity index (χ4v) is 3.03. The molecule has 5 nitrogen and oxygen atoms in total. The van der Waals surface area contributed by atoms with Crippen LogP contribution in [0.3, 0.4) is 0 Å². The van der Waals surface area contributed by atoms with Crippen LogP contribution in [-0.2, 0) is 11.3 Å². The van der Waals surface area contributed by atoms with E-state index in [9.17, 15) is 0 Å². The first-order chi connectivity index (χ1) is 11.3. The highest BCUT2D eigenvalue weighted by atomic mass is 16.5. The van der Waals surface area contributed by atoms with Crippen LogP contribution in [0.15, 0.2) is 28.8 Å². The fourth-order valence-electron chi connectivity index (χ4n) is 3.03. The Morgan fingerprint density at radius 1 is 1.26 bits per heavy atom. The number of morpholine rings is 1. The number of benzene rings is 1. The summed E-state index contributed by atoms with van der Waals surface area (Å²) < 4.78 is 11.2. The third-order valence-corrected chi connectivity index (χ3v) is 4.50. The quantitative estimate of drug-likeness (QED) is 0.920. The van der Waals surface area contributed by atoms with E-state index in [1.807, 2.05) is 0 Å². The van der Waals surface area contributed by atoms with Gasteiger partial charge < -0.3 is 19.5 Å². The molecule has 4 rings (SSSR count). The lowest BCUT2D eigenvalue weighted by Crippen LogP contribution is -2.36. The number of ether oxygens (including phenoxy) is 1. The van der Waals surface area contributed by atoms with Gasteiger partial charge in [0.1, 0.15) is 5.69 Å². The zero-order chi connectivity index (χ0) is 15.6. The third-order valence-electron chi connectivity index (χ3n) is 4.50. The molecule has 1 saturated carbocycles. The van der Waals surface area contributed by atoms with Crippen LogP contribution in [0.2, 0.25) is 0 Å². The molecule has 0 amide bonds. The van der Waals surface area contributed by atoms with Crippen molar-refractivity contribution in [3.05, 3.63) is 35.4 Å². The van der Waals surface area contributed by atoms with Gasteiger partial charge in [-0.3, -0.25) is 0 Å². The first-order valence-electron chi connectivity index (χ1n) is 8.43. The molecule has 1 aromatic carbocycles. The number of rotatable bonds is 5. The lowest BCUT2D eigenvalue weighted by molar-refractivity contribution is 0.120. The lowest BCUT2D eigenvalue weighted by atomic mass is 10.0. The summed E-state index contributed by atoms with van der Waals surface area (Å²) in [6.07, 6.45) is 2.55. The van der Waals surface area contributed by atoms with Crippen molar-refractivity contribution in [3.63, 3.8) is 0 Å². The molecule has 0 unspecified atom stereocenters. The summed E-state index contributed by atoms with van der Waals surface area (Å²) >= 11 is 0. The molecular formula is C18H23N3O2. The molecule has 1 aliphatic heterocycles. The van der Waals surface area contributed by atoms with Gasteiger partial charge in [0.05, 0.1) is 18.8 Å². The van der Waals surface area contributed by atoms with Gasteiger partial charge >= 0.3 is 0 Å². The summed E-state index contributed by atoms with van der Waals surface area (Å²) in [6, 6.07) is 9.11. The molecule has 1 aliphatic carbocycles. The molecule has 0 radical (unpaired) electrons. The topological polar surface area (TPSA) is 50.5 Å². The highest BCUT2D eigenvalue weighted by molar-refractivity contribution is 5.69. The Kier molecular flexibility index (Phi) is 4.06. The number of anilines is 1. The monoisotopic (exact) mass is 313 g/mol. The minimum atomic E-state index is 0.660. The third kappa shape index (κ3) is 3.26. The van der Waals surface area contributed by atoms with Gasteiger partial charge in [-0.2, -0.15) is 0 Å². The summed E-state index contributed by atoms with van der Waals surface area (Å²) in [7, 11) is 0. The van der Waals surface area contributed by atoms with Crippen molar-refractivity contribution in [2.75, 3.05) is 31.2 Å². The van der Waals surface area contributed by atoms with E-state index in [0.29, 0.717) is 6.04 Å². The van der Waals surface area contributed by atoms with Crippen molar-refractivity contribution in [1.29, 1.82) is 0 Å². The SMILES string of the molecule is Cc1cccc(-c2noc(N3CCOCC3)c2CNC2CC2)c1. The van der Waals surface area contributed by atoms with Gasteiger partial charge in [-0.15, -0.1) is 0 Å². The molecule has 2 aromatic rings. The maximum atomic E-state index is 5.76. The molecule has 5 heteroatoms. The predicted octanol–water partition coefficient (Wildman–Crippen LogP) is 2.74. The molecule has 122 valence electrons. The predicted molar refractivity (Wildman–Crippen MR) is 89.6 cm³/mol. The van der Waals surface area contributed by atoms with E-state index < -0.39 is 0 Å². The average Bonchev–Trinajstić information content (AvgIpc) is 3.31. The largest absolute Gasteiger partial charge is 0.378 e. The number of hydrogen-bond donors (Lipinski definition) is 1. The molecule has 23 heavy (non-hydrogen) atoms. The Labute approximate surface area is 136 Å². The number of aryl methyl sites for hydroxylation is 1. The molecule has 0 bridgehead atoms. The zero-order valence-corrected chi connectivity index (χ0v) is 13.5. The molecule has 0 atom stereocenters. The van der Waals surface area contributed by atoms with Crippen LogP contribution >= 0.6 is 0 Å². The Morgan fingerprint density at radius 2 is 2.09 bits per heavy atom. The molecule has 1 aromatic heterocycles. The lowest BCUT2D eigenvalue weighted by Gasteiger charge is -2.26. The standard InChI is InChI=1S/C18H23N3O2/c1-13-3-2-4-14(11-13)17-16(12-19-15-5-6-15)18(23-20-17)21-7-9-22-10-8-21/h2-4,11,15,19H,5-10,12H2,1H3. The summed E-state index contributed by atoms with van der Waals surface area (Å²) in [4.78, 5) is 2.25. The first-order valence-corrected chi connectivity index (χ1v) is 8.43. The number of nitrogens with one attached hydrogen (secondary N) is 1. The van der Waals surface area contributed by atoms with Gasteiger partial charge in [0.15, 0.2) is 0 Å². The van der Waals surface area contributed by atoms with E-state index in [0.717, 1.165) is 50.0 Å². The van der Waals surface area contributed by atoms with Crippen LogP contribution in [0, 0.1) is 6.92 Å². The minimum Gasteiger partial charge on any atom is -0.378 e. The number of hydrogen-bond acceptors (Lipinski definition) is 5. The van der Waals surface area contributed by atoms with Crippen LogP contribution in [0.25, 0.3) is 11.3 Å². The van der Waals surface area contributed by atoms with Crippen LogP contribution in [0.5, 0.6) is 0 Å². The Balaban J connectivity index is 1.67. The smallest absolute Gasteiger partial charge is 0.232 e. The van der Waals surface area contributed by atoms with Crippen molar-refractivity contribution in [1.82, 2.24) is 10.5 Å². The van der Waals surface area contributed by atoms with E-state index >= 15 is 0 Å². The van der Waals surface area contributed by atoms with Crippen molar-refractivity contribution in [2.45, 2.75) is 32.4 Å². The van der Waals surface area contributed by atoms with E-state index in [1.54, 1.807) is 0 Å². The fraction of sp³-hybridized carbons (Fsp3) is 0.500. The number of nitrogens with zero attached hydrogens (tertiary/aromatic N) is 2. The van der Waals surface area contributed by atoms with E-state index in [2.05, 4.69) is 46.6 Å². The van der Waals surface area contributed by atoms with Crippen LogP contribution < -0.4 is 10.2 Å². The van der Waals surface area contributed by atoms with Gasteiger partial charge in [-0.25, -0.2) is 0 Å². The van der Waals surface area contributed by atoms with Crippen molar-refractivity contribution in [3.8, 4) is 11.3 Å². The molecule has 0 spiro atoms. The maximum absolute atomic E-state index is 5.76.